The van der Waals surface area contributed by atoms with Crippen molar-refractivity contribution < 1.29 is 0 Å². The summed E-state index contributed by atoms with van der Waals surface area (Å²) < 4.78 is 0. The van der Waals surface area contributed by atoms with Crippen molar-refractivity contribution in [2.45, 2.75) is 32.2 Å². The Morgan fingerprint density at radius 3 is 2.27 bits per heavy atom. The van der Waals surface area contributed by atoms with Crippen LogP contribution in [0.1, 0.15) is 26.2 Å². The second kappa shape index (κ2) is 4.49. The topological polar surface area (TPSA) is 50.7 Å². The van der Waals surface area contributed by atoms with E-state index in [2.05, 4.69) is 27.2 Å². The molecule has 4 nitrogen and oxygen atoms in total. The summed E-state index contributed by atoms with van der Waals surface area (Å²) in [5.74, 6) is 1.17. The molecule has 15 heavy (non-hydrogen) atoms. The Hall–Kier alpha value is -0.610. The van der Waals surface area contributed by atoms with Crippen molar-refractivity contribution in [3.05, 3.63) is 10.6 Å². The molecule has 1 aromatic rings. The van der Waals surface area contributed by atoms with Gasteiger partial charge in [0.2, 0.25) is 16.5 Å². The van der Waals surface area contributed by atoms with Gasteiger partial charge in [-0.25, -0.2) is 0 Å². The molecule has 82 valence electrons. The number of nitrogens with one attached hydrogen (secondary N) is 1. The fourth-order valence-electron chi connectivity index (χ4n) is 1.65. The standard InChI is InChI=1S/C9H12Cl2N4/c1-5(6-3-2-4-6)12-9-14-7(10)13-8(11)15-9/h5-6H,2-4H2,1H3,(H,12,13,14,15). The normalized spacial score (nSPS) is 18.3. The summed E-state index contributed by atoms with van der Waals surface area (Å²) in [6.07, 6.45) is 3.84. The first kappa shape index (κ1) is 10.9. The van der Waals surface area contributed by atoms with E-state index in [1.807, 2.05) is 0 Å². The highest BCUT2D eigenvalue weighted by atomic mass is 35.5. The molecule has 0 amide bonds. The van der Waals surface area contributed by atoms with Gasteiger partial charge in [0, 0.05) is 6.04 Å². The SMILES string of the molecule is CC(Nc1nc(Cl)nc(Cl)n1)C1CCC1. The number of anilines is 1. The van der Waals surface area contributed by atoms with Crippen LogP contribution in [0.15, 0.2) is 0 Å². The summed E-state index contributed by atoms with van der Waals surface area (Å²) in [6, 6.07) is 0.355. The van der Waals surface area contributed by atoms with E-state index in [0.29, 0.717) is 17.9 Å². The van der Waals surface area contributed by atoms with Gasteiger partial charge in [0.05, 0.1) is 0 Å². The molecule has 2 rings (SSSR count). The van der Waals surface area contributed by atoms with Crippen LogP contribution in [-0.4, -0.2) is 21.0 Å². The van der Waals surface area contributed by atoms with E-state index in [-0.39, 0.29) is 10.6 Å². The van der Waals surface area contributed by atoms with Crippen LogP contribution in [0, 0.1) is 5.92 Å². The molecular weight excluding hydrogens is 235 g/mol. The lowest BCUT2D eigenvalue weighted by Crippen LogP contribution is -2.31. The maximum Gasteiger partial charge on any atom is 0.228 e. The number of aromatic nitrogens is 3. The average molecular weight is 247 g/mol. The molecule has 0 saturated heterocycles. The second-order valence-electron chi connectivity index (χ2n) is 3.82. The Bertz CT molecular complexity index is 334. The molecule has 6 heteroatoms. The maximum atomic E-state index is 5.67. The molecule has 1 N–H and O–H groups in total. The lowest BCUT2D eigenvalue weighted by atomic mass is 9.80. The number of hydrogen-bond donors (Lipinski definition) is 1. The fourth-order valence-corrected chi connectivity index (χ4v) is 2.02. The third-order valence-electron chi connectivity index (χ3n) is 2.79. The zero-order chi connectivity index (χ0) is 10.8. The Labute approximate surface area is 98.4 Å². The van der Waals surface area contributed by atoms with Crippen molar-refractivity contribution >= 4 is 29.2 Å². The van der Waals surface area contributed by atoms with Crippen molar-refractivity contribution in [1.29, 1.82) is 0 Å². The first-order valence-corrected chi connectivity index (χ1v) is 5.74. The largest absolute Gasteiger partial charge is 0.351 e. The summed E-state index contributed by atoms with van der Waals surface area (Å²) >= 11 is 11.3. The van der Waals surface area contributed by atoms with Crippen molar-refractivity contribution in [3.63, 3.8) is 0 Å². The number of halogens is 2. The molecule has 1 aliphatic rings. The Balaban J connectivity index is 2.02. The first-order valence-electron chi connectivity index (χ1n) is 4.99. The zero-order valence-electron chi connectivity index (χ0n) is 8.37. The lowest BCUT2D eigenvalue weighted by molar-refractivity contribution is 0.284. The van der Waals surface area contributed by atoms with E-state index in [1.54, 1.807) is 0 Å². The van der Waals surface area contributed by atoms with Crippen LogP contribution in [0.4, 0.5) is 5.95 Å². The van der Waals surface area contributed by atoms with Crippen molar-refractivity contribution in [1.82, 2.24) is 15.0 Å². The van der Waals surface area contributed by atoms with E-state index in [9.17, 15) is 0 Å². The van der Waals surface area contributed by atoms with Gasteiger partial charge >= 0.3 is 0 Å². The summed E-state index contributed by atoms with van der Waals surface area (Å²) in [5, 5.41) is 3.44. The predicted molar refractivity (Wildman–Crippen MR) is 60.3 cm³/mol. The number of nitrogens with zero attached hydrogens (tertiary/aromatic N) is 3. The van der Waals surface area contributed by atoms with Gasteiger partial charge in [-0.15, -0.1) is 0 Å². The Morgan fingerprint density at radius 2 is 1.80 bits per heavy atom. The molecule has 0 bridgehead atoms. The summed E-state index contributed by atoms with van der Waals surface area (Å²) in [4.78, 5) is 11.6. The fraction of sp³-hybridized carbons (Fsp3) is 0.667. The minimum atomic E-state index is 0.123. The molecular formula is C9H12Cl2N4. The van der Waals surface area contributed by atoms with Crippen molar-refractivity contribution in [3.8, 4) is 0 Å². The second-order valence-corrected chi connectivity index (χ2v) is 4.50. The molecule has 1 unspecified atom stereocenters. The van der Waals surface area contributed by atoms with Crippen LogP contribution < -0.4 is 5.32 Å². The van der Waals surface area contributed by atoms with Gasteiger partial charge in [0.25, 0.3) is 0 Å². The van der Waals surface area contributed by atoms with Crippen LogP contribution >= 0.6 is 23.2 Å². The van der Waals surface area contributed by atoms with E-state index in [4.69, 9.17) is 23.2 Å². The van der Waals surface area contributed by atoms with E-state index in [0.717, 1.165) is 0 Å². The highest BCUT2D eigenvalue weighted by molar-refractivity contribution is 6.31. The molecule has 1 aromatic heterocycles. The van der Waals surface area contributed by atoms with Crippen LogP contribution in [0.5, 0.6) is 0 Å². The van der Waals surface area contributed by atoms with Crippen LogP contribution in [-0.2, 0) is 0 Å². The van der Waals surface area contributed by atoms with Crippen LogP contribution in [0.3, 0.4) is 0 Å². The minimum Gasteiger partial charge on any atom is -0.351 e. The molecule has 1 saturated carbocycles. The molecule has 0 spiro atoms. The minimum absolute atomic E-state index is 0.123. The van der Waals surface area contributed by atoms with Crippen LogP contribution in [0.25, 0.3) is 0 Å². The van der Waals surface area contributed by atoms with Gasteiger partial charge in [0.15, 0.2) is 0 Å². The molecule has 1 atom stereocenters. The molecule has 1 aliphatic carbocycles. The van der Waals surface area contributed by atoms with Crippen LogP contribution in [0.2, 0.25) is 10.6 Å². The third kappa shape index (κ3) is 2.69. The van der Waals surface area contributed by atoms with Gasteiger partial charge in [-0.1, -0.05) is 6.42 Å². The summed E-state index contributed by atoms with van der Waals surface area (Å²) in [6.45, 7) is 2.12. The van der Waals surface area contributed by atoms with Gasteiger partial charge in [-0.3, -0.25) is 0 Å². The van der Waals surface area contributed by atoms with Gasteiger partial charge < -0.3 is 5.32 Å². The van der Waals surface area contributed by atoms with Crippen molar-refractivity contribution in [2.75, 3.05) is 5.32 Å². The molecule has 0 aromatic carbocycles. The Morgan fingerprint density at radius 1 is 1.20 bits per heavy atom. The number of rotatable bonds is 3. The van der Waals surface area contributed by atoms with E-state index < -0.39 is 0 Å². The quantitative estimate of drug-likeness (QED) is 0.892. The van der Waals surface area contributed by atoms with Gasteiger partial charge in [-0.05, 0) is 48.9 Å². The summed E-state index contributed by atoms with van der Waals surface area (Å²) in [5.41, 5.74) is 0. The van der Waals surface area contributed by atoms with Gasteiger partial charge in [0.1, 0.15) is 0 Å². The van der Waals surface area contributed by atoms with Gasteiger partial charge in [-0.2, -0.15) is 15.0 Å². The average Bonchev–Trinajstić information content (AvgIpc) is 1.96. The lowest BCUT2D eigenvalue weighted by Gasteiger charge is -2.31. The molecule has 0 aliphatic heterocycles. The highest BCUT2D eigenvalue weighted by Gasteiger charge is 2.24. The smallest absolute Gasteiger partial charge is 0.228 e. The molecule has 1 fully saturated rings. The third-order valence-corrected chi connectivity index (χ3v) is 3.13. The maximum absolute atomic E-state index is 5.67. The van der Waals surface area contributed by atoms with E-state index >= 15 is 0 Å². The zero-order valence-corrected chi connectivity index (χ0v) is 9.89. The number of hydrogen-bond acceptors (Lipinski definition) is 4. The van der Waals surface area contributed by atoms with Crippen molar-refractivity contribution in [2.24, 2.45) is 5.92 Å². The predicted octanol–water partition coefficient (Wildman–Crippen LogP) is 2.78. The molecule has 1 heterocycles. The molecule has 0 radical (unpaired) electrons. The Kier molecular flexibility index (Phi) is 3.26. The summed E-state index contributed by atoms with van der Waals surface area (Å²) in [7, 11) is 0. The highest BCUT2D eigenvalue weighted by Crippen LogP contribution is 2.30. The monoisotopic (exact) mass is 246 g/mol. The van der Waals surface area contributed by atoms with E-state index in [1.165, 1.54) is 19.3 Å². The first-order chi connectivity index (χ1) is 7.15.